The predicted molar refractivity (Wildman–Crippen MR) is 144 cm³/mol. The monoisotopic (exact) mass is 630 g/mol. The Bertz CT molecular complexity index is 1190. The highest BCUT2D eigenvalue weighted by Crippen LogP contribution is 2.29. The van der Waals surface area contributed by atoms with Gasteiger partial charge in [-0.05, 0) is 24.1 Å². The fraction of sp³-hybridized carbons (Fsp3) is 0.679. The third-order valence-electron chi connectivity index (χ3n) is 8.34. The quantitative estimate of drug-likeness (QED) is 0.379. The first kappa shape index (κ1) is 32.4. The Morgan fingerprint density at radius 1 is 1.07 bits per heavy atom. The van der Waals surface area contributed by atoms with E-state index in [0.717, 1.165) is 0 Å². The van der Waals surface area contributed by atoms with E-state index in [9.17, 15) is 37.8 Å². The number of nitrogens with one attached hydrogen (secondary N) is 1. The van der Waals surface area contributed by atoms with Crippen molar-refractivity contribution >= 4 is 17.7 Å². The molecule has 0 aromatic heterocycles. The summed E-state index contributed by atoms with van der Waals surface area (Å²) in [6, 6.07) is 4.30. The van der Waals surface area contributed by atoms with E-state index in [1.54, 1.807) is 4.90 Å². The number of rotatable bonds is 5. The molecule has 0 aliphatic carbocycles. The van der Waals surface area contributed by atoms with Crippen LogP contribution in [0.4, 0.5) is 13.2 Å². The number of hydrogen-bond acceptors (Lipinski definition) is 10. The number of methoxy groups -OCH3 is 1. The third kappa shape index (κ3) is 7.79. The number of alkyl halides is 3. The van der Waals surface area contributed by atoms with E-state index >= 15 is 0 Å². The second-order valence-electron chi connectivity index (χ2n) is 11.5. The normalized spacial score (nSPS) is 32.1. The zero-order valence-corrected chi connectivity index (χ0v) is 24.1. The molecule has 0 radical (unpaired) electrons. The number of carbonyl (C=O) groups is 3. The minimum absolute atomic E-state index is 0.0726. The Morgan fingerprint density at radius 3 is 2.50 bits per heavy atom. The van der Waals surface area contributed by atoms with Crippen LogP contribution in [0.5, 0.6) is 5.75 Å². The number of halogens is 3. The summed E-state index contributed by atoms with van der Waals surface area (Å²) < 4.78 is 58.5. The largest absolute Gasteiger partial charge is 0.573 e. The van der Waals surface area contributed by atoms with Gasteiger partial charge in [0.1, 0.15) is 30.7 Å². The molecule has 244 valence electrons. The fourth-order valence-electron chi connectivity index (χ4n) is 6.28. The molecule has 5 rings (SSSR count). The predicted octanol–water partition coefficient (Wildman–Crippen LogP) is -0.760. The Kier molecular flexibility index (Phi) is 9.96. The molecule has 7 atom stereocenters. The van der Waals surface area contributed by atoms with Gasteiger partial charge in [0.25, 0.3) is 0 Å². The second-order valence-corrected chi connectivity index (χ2v) is 11.5. The average Bonchev–Trinajstić information content (AvgIpc) is 3.47. The van der Waals surface area contributed by atoms with E-state index in [0.29, 0.717) is 12.1 Å². The Morgan fingerprint density at radius 2 is 1.80 bits per heavy atom. The Hall–Kier alpha value is -3.02. The molecule has 4 aliphatic heterocycles. The van der Waals surface area contributed by atoms with Gasteiger partial charge in [0, 0.05) is 52.4 Å². The van der Waals surface area contributed by atoms with Crippen molar-refractivity contribution in [3.05, 3.63) is 29.8 Å². The number of benzene rings is 1. The number of hydrogen-bond donors (Lipinski definition) is 3. The molecule has 4 heterocycles. The highest BCUT2D eigenvalue weighted by Gasteiger charge is 2.46. The number of aliphatic hydroxyl groups excluding tert-OH is 2. The molecule has 13 nitrogen and oxygen atoms in total. The number of likely N-dealkylation sites (tertiary alicyclic amines) is 1. The van der Waals surface area contributed by atoms with Crippen LogP contribution in [-0.2, 0) is 35.1 Å². The van der Waals surface area contributed by atoms with Gasteiger partial charge in [-0.3, -0.25) is 19.3 Å². The van der Waals surface area contributed by atoms with Crippen molar-refractivity contribution in [1.29, 1.82) is 0 Å². The molecule has 0 saturated carbocycles. The Labute approximate surface area is 251 Å². The molecule has 0 unspecified atom stereocenters. The molecule has 3 N–H and O–H groups in total. The summed E-state index contributed by atoms with van der Waals surface area (Å²) in [5.74, 6) is -1.40. The lowest BCUT2D eigenvalue weighted by molar-refractivity contribution is -0.274. The van der Waals surface area contributed by atoms with Crippen LogP contribution in [0.3, 0.4) is 0 Å². The molecule has 1 aromatic carbocycles. The number of amides is 3. The van der Waals surface area contributed by atoms with E-state index in [1.165, 1.54) is 36.3 Å². The van der Waals surface area contributed by atoms with Gasteiger partial charge in [0.2, 0.25) is 17.7 Å². The van der Waals surface area contributed by atoms with Crippen LogP contribution in [0, 0.1) is 0 Å². The lowest BCUT2D eigenvalue weighted by Crippen LogP contribution is -2.55. The SMILES string of the molecule is COCC(=O)N1C[C@@H]2CN(CCO2)C(=O)[C@@H]2C[C@@H](CN2Cc2ccc(OC(F)(F)F)cc2)NC(=O)C[C@@H]2O[C@H](C1)[C@@H](O)[C@H]2O. The number of morpholine rings is 1. The molecular formula is C28H37F3N4O9. The minimum Gasteiger partial charge on any atom is -0.406 e. The van der Waals surface area contributed by atoms with Crippen molar-refractivity contribution < 1.29 is 56.7 Å². The number of ether oxygens (including phenoxy) is 4. The molecule has 0 spiro atoms. The number of carbonyl (C=O) groups excluding carboxylic acids is 3. The number of aliphatic hydroxyl groups is 2. The first-order valence-electron chi connectivity index (χ1n) is 14.5. The van der Waals surface area contributed by atoms with Gasteiger partial charge in [0.15, 0.2) is 0 Å². The maximum Gasteiger partial charge on any atom is 0.573 e. The molecule has 3 amide bonds. The van der Waals surface area contributed by atoms with Gasteiger partial charge in [-0.15, -0.1) is 13.2 Å². The van der Waals surface area contributed by atoms with E-state index < -0.39 is 60.8 Å². The van der Waals surface area contributed by atoms with Crippen molar-refractivity contribution in [3.8, 4) is 5.75 Å². The van der Waals surface area contributed by atoms with Gasteiger partial charge in [-0.1, -0.05) is 12.1 Å². The highest BCUT2D eigenvalue weighted by atomic mass is 19.4. The van der Waals surface area contributed by atoms with Gasteiger partial charge < -0.3 is 44.3 Å². The van der Waals surface area contributed by atoms with Crippen molar-refractivity contribution in [2.45, 2.75) is 68.4 Å². The molecule has 44 heavy (non-hydrogen) atoms. The van der Waals surface area contributed by atoms with Crippen molar-refractivity contribution in [1.82, 2.24) is 20.0 Å². The summed E-state index contributed by atoms with van der Waals surface area (Å²) in [5, 5.41) is 24.2. The van der Waals surface area contributed by atoms with Gasteiger partial charge in [-0.25, -0.2) is 0 Å². The first-order valence-corrected chi connectivity index (χ1v) is 14.5. The minimum atomic E-state index is -4.82. The zero-order valence-electron chi connectivity index (χ0n) is 24.1. The van der Waals surface area contributed by atoms with Crippen LogP contribution < -0.4 is 10.1 Å². The van der Waals surface area contributed by atoms with Crippen LogP contribution in [-0.4, -0.2) is 145 Å². The maximum absolute atomic E-state index is 13.9. The van der Waals surface area contributed by atoms with E-state index in [-0.39, 0.29) is 70.4 Å². The molecule has 4 fully saturated rings. The van der Waals surface area contributed by atoms with E-state index in [1.807, 2.05) is 4.90 Å². The lowest BCUT2D eigenvalue weighted by atomic mass is 10.0. The topological polar surface area (TPSA) is 150 Å². The maximum atomic E-state index is 13.9. The van der Waals surface area contributed by atoms with E-state index in [2.05, 4.69) is 10.1 Å². The summed E-state index contributed by atoms with van der Waals surface area (Å²) in [5.41, 5.74) is 0.643. The molecular weight excluding hydrogens is 593 g/mol. The zero-order chi connectivity index (χ0) is 31.6. The summed E-state index contributed by atoms with van der Waals surface area (Å²) in [7, 11) is 1.37. The van der Waals surface area contributed by atoms with Crippen LogP contribution in [0.2, 0.25) is 0 Å². The van der Waals surface area contributed by atoms with Crippen LogP contribution in [0.15, 0.2) is 24.3 Å². The smallest absolute Gasteiger partial charge is 0.406 e. The third-order valence-corrected chi connectivity index (χ3v) is 8.34. The highest BCUT2D eigenvalue weighted by molar-refractivity contribution is 5.83. The number of nitrogens with zero attached hydrogens (tertiary/aromatic N) is 3. The first-order chi connectivity index (χ1) is 20.9. The summed E-state index contributed by atoms with van der Waals surface area (Å²) in [6.45, 7) is 0.968. The number of fused-ring (bicyclic) bond motifs is 6. The molecule has 1 aromatic rings. The lowest BCUT2D eigenvalue weighted by Gasteiger charge is -2.38. The molecule has 4 aliphatic rings. The second kappa shape index (κ2) is 13.5. The van der Waals surface area contributed by atoms with Crippen molar-refractivity contribution in [2.75, 3.05) is 53.0 Å². The average molecular weight is 631 g/mol. The molecule has 16 heteroatoms. The van der Waals surface area contributed by atoms with Gasteiger partial charge in [-0.2, -0.15) is 0 Å². The summed E-state index contributed by atoms with van der Waals surface area (Å²) >= 11 is 0. The fourth-order valence-corrected chi connectivity index (χ4v) is 6.28. The molecule has 6 bridgehead atoms. The van der Waals surface area contributed by atoms with E-state index in [4.69, 9.17) is 14.2 Å². The van der Waals surface area contributed by atoms with Gasteiger partial charge >= 0.3 is 6.36 Å². The van der Waals surface area contributed by atoms with Crippen molar-refractivity contribution in [3.63, 3.8) is 0 Å². The Balaban J connectivity index is 1.38. The van der Waals surface area contributed by atoms with Gasteiger partial charge in [0.05, 0.1) is 31.3 Å². The van der Waals surface area contributed by atoms with Crippen LogP contribution >= 0.6 is 0 Å². The van der Waals surface area contributed by atoms with Crippen LogP contribution in [0.25, 0.3) is 0 Å². The van der Waals surface area contributed by atoms with Crippen LogP contribution in [0.1, 0.15) is 18.4 Å². The summed E-state index contributed by atoms with van der Waals surface area (Å²) in [4.78, 5) is 44.8. The standard InChI is InChI=1S/C28H37F3N4O9/c1-41-15-24(37)35-13-19-12-33(6-7-42-19)27(40)20-8-17(32-23(36)9-21-25(38)26(39)22(14-35)43-21)11-34(20)10-16-2-4-18(5-3-16)44-28(29,30)31/h2-5,17,19-22,25-26,38-39H,6-15H2,1H3,(H,32,36)/t17-,19-,20-,21-,22+,25-,26+/m0/s1. The van der Waals surface area contributed by atoms with Crippen molar-refractivity contribution in [2.24, 2.45) is 0 Å². The molecule has 4 saturated heterocycles. The summed E-state index contributed by atoms with van der Waals surface area (Å²) in [6.07, 6.45) is -10.0.